The van der Waals surface area contributed by atoms with Gasteiger partial charge >= 0.3 is 0 Å². The number of halogens is 1. The summed E-state index contributed by atoms with van der Waals surface area (Å²) in [4.78, 5) is 4.02. The third-order valence-electron chi connectivity index (χ3n) is 2.61. The normalized spacial score (nSPS) is 12.2. The van der Waals surface area contributed by atoms with Gasteiger partial charge in [0, 0.05) is 11.8 Å². The molecule has 2 rings (SSSR count). The van der Waals surface area contributed by atoms with Crippen molar-refractivity contribution in [2.75, 3.05) is 0 Å². The number of aliphatic hydroxyl groups excluding tert-OH is 1. The fourth-order valence-electron chi connectivity index (χ4n) is 1.61. The Balaban J connectivity index is 2.37. The van der Waals surface area contributed by atoms with Crippen LogP contribution in [0.3, 0.4) is 0 Å². The molecule has 1 atom stereocenters. The van der Waals surface area contributed by atoms with Gasteiger partial charge in [0.25, 0.3) is 0 Å². The maximum Gasteiger partial charge on any atom is 0.225 e. The molecule has 1 aromatic heterocycles. The van der Waals surface area contributed by atoms with Crippen LogP contribution in [0.25, 0.3) is 0 Å². The summed E-state index contributed by atoms with van der Waals surface area (Å²) in [5.74, 6) is -0.0905. The summed E-state index contributed by atoms with van der Waals surface area (Å²) in [5.41, 5.74) is 1.03. The van der Waals surface area contributed by atoms with Gasteiger partial charge in [-0.3, -0.25) is 0 Å². The van der Waals surface area contributed by atoms with Crippen molar-refractivity contribution in [3.63, 3.8) is 0 Å². The summed E-state index contributed by atoms with van der Waals surface area (Å²) in [7, 11) is 0. The van der Waals surface area contributed by atoms with Crippen LogP contribution < -0.4 is 4.74 Å². The van der Waals surface area contributed by atoms with Crippen LogP contribution in [0.2, 0.25) is 0 Å². The van der Waals surface area contributed by atoms with E-state index in [1.165, 1.54) is 12.3 Å². The van der Waals surface area contributed by atoms with Crippen LogP contribution in [0.1, 0.15) is 24.2 Å². The van der Waals surface area contributed by atoms with Crippen molar-refractivity contribution in [2.45, 2.75) is 20.0 Å². The van der Waals surface area contributed by atoms with Gasteiger partial charge in [-0.1, -0.05) is 12.1 Å². The van der Waals surface area contributed by atoms with E-state index < -0.39 is 11.9 Å². The third kappa shape index (κ3) is 2.49. The Morgan fingerprint density at radius 3 is 2.78 bits per heavy atom. The van der Waals surface area contributed by atoms with Crippen LogP contribution in [0.4, 0.5) is 4.39 Å². The molecule has 1 N–H and O–H groups in total. The van der Waals surface area contributed by atoms with Crippen LogP contribution in [0, 0.1) is 12.7 Å². The SMILES string of the molecule is Cc1cccc(Oc2ncccc2[C@H](C)O)c1F. The van der Waals surface area contributed by atoms with E-state index in [1.807, 2.05) is 0 Å². The van der Waals surface area contributed by atoms with Crippen LogP contribution in [-0.4, -0.2) is 10.1 Å². The maximum atomic E-state index is 13.8. The number of pyridine rings is 1. The molecule has 0 spiro atoms. The van der Waals surface area contributed by atoms with Gasteiger partial charge in [0.1, 0.15) is 0 Å². The highest BCUT2D eigenvalue weighted by Gasteiger charge is 2.13. The molecule has 3 nitrogen and oxygen atoms in total. The average Bonchev–Trinajstić information content (AvgIpc) is 2.35. The summed E-state index contributed by atoms with van der Waals surface area (Å²) in [5, 5.41) is 9.59. The molecule has 0 fully saturated rings. The molecule has 0 saturated carbocycles. The summed E-state index contributed by atoms with van der Waals surface area (Å²) in [6.07, 6.45) is 0.816. The van der Waals surface area contributed by atoms with Gasteiger partial charge in [-0.15, -0.1) is 0 Å². The standard InChI is InChI=1S/C14H14FNO2/c1-9-5-3-7-12(13(9)15)18-14-11(10(2)17)6-4-8-16-14/h3-8,10,17H,1-2H3/t10-/m0/s1. The van der Waals surface area contributed by atoms with Crippen LogP contribution >= 0.6 is 0 Å². The number of ether oxygens (including phenoxy) is 1. The molecule has 0 unspecified atom stereocenters. The summed E-state index contributed by atoms with van der Waals surface area (Å²) >= 11 is 0. The zero-order valence-electron chi connectivity index (χ0n) is 10.2. The minimum atomic E-state index is -0.721. The van der Waals surface area contributed by atoms with E-state index in [9.17, 15) is 9.50 Å². The molecule has 0 aliphatic heterocycles. The number of rotatable bonds is 3. The molecule has 0 bridgehead atoms. The zero-order chi connectivity index (χ0) is 13.1. The molecule has 2 aromatic rings. The second-order valence-electron chi connectivity index (χ2n) is 4.06. The van der Waals surface area contributed by atoms with Gasteiger partial charge in [-0.2, -0.15) is 0 Å². The van der Waals surface area contributed by atoms with Gasteiger partial charge in [0.15, 0.2) is 11.6 Å². The topological polar surface area (TPSA) is 42.4 Å². The quantitative estimate of drug-likeness (QED) is 0.904. The van der Waals surface area contributed by atoms with Gasteiger partial charge in [0.05, 0.1) is 6.10 Å². The van der Waals surface area contributed by atoms with Crippen LogP contribution in [0.5, 0.6) is 11.6 Å². The second kappa shape index (κ2) is 5.14. The largest absolute Gasteiger partial charge is 0.436 e. The lowest BCUT2D eigenvalue weighted by atomic mass is 10.2. The summed E-state index contributed by atoms with van der Waals surface area (Å²) < 4.78 is 19.2. The third-order valence-corrected chi connectivity index (χ3v) is 2.61. The molecule has 0 radical (unpaired) electrons. The van der Waals surface area contributed by atoms with Crippen molar-refractivity contribution >= 4 is 0 Å². The first-order valence-corrected chi connectivity index (χ1v) is 5.65. The Morgan fingerprint density at radius 1 is 1.28 bits per heavy atom. The van der Waals surface area contributed by atoms with E-state index in [1.54, 1.807) is 38.1 Å². The number of hydrogen-bond acceptors (Lipinski definition) is 3. The van der Waals surface area contributed by atoms with Gasteiger partial charge < -0.3 is 9.84 Å². The molecule has 0 aliphatic rings. The van der Waals surface area contributed by atoms with Crippen molar-refractivity contribution < 1.29 is 14.2 Å². The van der Waals surface area contributed by atoms with E-state index in [-0.39, 0.29) is 11.6 Å². The molecule has 0 aliphatic carbocycles. The number of aromatic nitrogens is 1. The molecular weight excluding hydrogens is 233 g/mol. The smallest absolute Gasteiger partial charge is 0.225 e. The first-order chi connectivity index (χ1) is 8.59. The Labute approximate surface area is 105 Å². The summed E-state index contributed by atoms with van der Waals surface area (Å²) in [6.45, 7) is 3.27. The minimum Gasteiger partial charge on any atom is -0.436 e. The average molecular weight is 247 g/mol. The molecule has 18 heavy (non-hydrogen) atoms. The summed E-state index contributed by atoms with van der Waals surface area (Å²) in [6, 6.07) is 8.29. The van der Waals surface area contributed by atoms with Crippen molar-refractivity contribution in [3.05, 3.63) is 53.5 Å². The number of hydrogen-bond donors (Lipinski definition) is 1. The van der Waals surface area contributed by atoms with Gasteiger partial charge in [-0.05, 0) is 37.6 Å². The zero-order valence-corrected chi connectivity index (χ0v) is 10.2. The van der Waals surface area contributed by atoms with E-state index in [4.69, 9.17) is 4.74 Å². The van der Waals surface area contributed by atoms with E-state index in [0.29, 0.717) is 11.1 Å². The number of aliphatic hydroxyl groups is 1. The molecule has 0 saturated heterocycles. The molecule has 1 heterocycles. The van der Waals surface area contributed by atoms with E-state index in [2.05, 4.69) is 4.98 Å². The number of nitrogens with zero attached hydrogens (tertiary/aromatic N) is 1. The van der Waals surface area contributed by atoms with Crippen LogP contribution in [0.15, 0.2) is 36.5 Å². The predicted molar refractivity (Wildman–Crippen MR) is 66.1 cm³/mol. The van der Waals surface area contributed by atoms with Gasteiger partial charge in [0.2, 0.25) is 5.88 Å². The Hall–Kier alpha value is -1.94. The number of benzene rings is 1. The fraction of sp³-hybridized carbons (Fsp3) is 0.214. The Morgan fingerprint density at radius 2 is 2.06 bits per heavy atom. The van der Waals surface area contributed by atoms with E-state index >= 15 is 0 Å². The van der Waals surface area contributed by atoms with Gasteiger partial charge in [-0.25, -0.2) is 9.37 Å². The lowest BCUT2D eigenvalue weighted by Crippen LogP contribution is -1.99. The molecular formula is C14H14FNO2. The Bertz CT molecular complexity index is 555. The molecule has 0 amide bonds. The highest BCUT2D eigenvalue weighted by atomic mass is 19.1. The maximum absolute atomic E-state index is 13.8. The molecule has 94 valence electrons. The van der Waals surface area contributed by atoms with Crippen molar-refractivity contribution in [2.24, 2.45) is 0 Å². The lowest BCUT2D eigenvalue weighted by Gasteiger charge is -2.12. The second-order valence-corrected chi connectivity index (χ2v) is 4.06. The first-order valence-electron chi connectivity index (χ1n) is 5.65. The monoisotopic (exact) mass is 247 g/mol. The molecule has 4 heteroatoms. The fourth-order valence-corrected chi connectivity index (χ4v) is 1.61. The predicted octanol–water partition coefficient (Wildman–Crippen LogP) is 3.37. The Kier molecular flexibility index (Phi) is 3.58. The lowest BCUT2D eigenvalue weighted by molar-refractivity contribution is 0.194. The molecule has 1 aromatic carbocycles. The van der Waals surface area contributed by atoms with Crippen molar-refractivity contribution in [3.8, 4) is 11.6 Å². The highest BCUT2D eigenvalue weighted by Crippen LogP contribution is 2.29. The minimum absolute atomic E-state index is 0.107. The first kappa shape index (κ1) is 12.5. The highest BCUT2D eigenvalue weighted by molar-refractivity contribution is 5.36. The van der Waals surface area contributed by atoms with E-state index in [0.717, 1.165) is 0 Å². The number of aryl methyl sites for hydroxylation is 1. The van der Waals surface area contributed by atoms with Crippen molar-refractivity contribution in [1.82, 2.24) is 4.98 Å². The van der Waals surface area contributed by atoms with Crippen LogP contribution in [-0.2, 0) is 0 Å². The van der Waals surface area contributed by atoms with Crippen molar-refractivity contribution in [1.29, 1.82) is 0 Å².